The van der Waals surface area contributed by atoms with Gasteiger partial charge in [0.1, 0.15) is 0 Å². The largest absolute Gasteiger partial charge is 0.359 e. The molecule has 4 heterocycles. The lowest BCUT2D eigenvalue weighted by atomic mass is 9.94. The average Bonchev–Trinajstić information content (AvgIpc) is 3.84. The first-order valence-corrected chi connectivity index (χ1v) is 17.7. The number of benzene rings is 7. The third-order valence-electron chi connectivity index (χ3n) is 10.6. The number of pyridine rings is 2. The van der Waals surface area contributed by atoms with E-state index in [0.717, 1.165) is 72.0 Å². The van der Waals surface area contributed by atoms with Crippen LogP contribution in [0.5, 0.6) is 0 Å². The number of hydrogen-bond donors (Lipinski definition) is 1. The van der Waals surface area contributed by atoms with Crippen molar-refractivity contribution in [1.82, 2.24) is 19.5 Å². The molecule has 4 nitrogen and oxygen atoms in total. The quantitative estimate of drug-likeness (QED) is 0.191. The van der Waals surface area contributed by atoms with Crippen molar-refractivity contribution in [2.45, 2.75) is 0 Å². The molecule has 0 aliphatic heterocycles. The Morgan fingerprint density at radius 1 is 0.442 bits per heavy atom. The fourth-order valence-electron chi connectivity index (χ4n) is 8.15. The van der Waals surface area contributed by atoms with E-state index in [2.05, 4.69) is 179 Å². The van der Waals surface area contributed by atoms with Gasteiger partial charge in [-0.2, -0.15) is 0 Å². The minimum Gasteiger partial charge on any atom is -0.359 e. The lowest BCUT2D eigenvalue weighted by Gasteiger charge is -2.16. The van der Waals surface area contributed by atoms with Gasteiger partial charge in [0, 0.05) is 66.3 Å². The molecule has 0 fully saturated rings. The van der Waals surface area contributed by atoms with E-state index in [1.807, 2.05) is 6.20 Å². The number of hydrogen-bond acceptors (Lipinski definition) is 2. The summed E-state index contributed by atoms with van der Waals surface area (Å²) in [5.74, 6) is 0. The van der Waals surface area contributed by atoms with E-state index in [-0.39, 0.29) is 0 Å². The van der Waals surface area contributed by atoms with Gasteiger partial charge >= 0.3 is 0 Å². The highest BCUT2D eigenvalue weighted by molar-refractivity contribution is 6.28. The average molecular weight is 663 g/mol. The second-order valence-corrected chi connectivity index (χ2v) is 13.5. The maximum atomic E-state index is 5.53. The van der Waals surface area contributed by atoms with Crippen molar-refractivity contribution in [1.29, 1.82) is 0 Å². The summed E-state index contributed by atoms with van der Waals surface area (Å²) in [7, 11) is 0. The van der Waals surface area contributed by atoms with Gasteiger partial charge in [-0.15, -0.1) is 0 Å². The third kappa shape index (κ3) is 4.28. The van der Waals surface area contributed by atoms with Crippen LogP contribution in [0.2, 0.25) is 0 Å². The van der Waals surface area contributed by atoms with Crippen molar-refractivity contribution < 1.29 is 0 Å². The van der Waals surface area contributed by atoms with Gasteiger partial charge in [0.25, 0.3) is 0 Å². The molecule has 4 heteroatoms. The molecule has 11 rings (SSSR count). The molecule has 0 saturated carbocycles. The van der Waals surface area contributed by atoms with Crippen LogP contribution in [-0.2, 0) is 0 Å². The highest BCUT2D eigenvalue weighted by Gasteiger charge is 2.21. The summed E-state index contributed by atoms with van der Waals surface area (Å²) in [4.78, 5) is 14.0. The number of aromatic nitrogens is 4. The Morgan fingerprint density at radius 3 is 2.02 bits per heavy atom. The first-order chi connectivity index (χ1) is 25.8. The highest BCUT2D eigenvalue weighted by atomic mass is 15.0. The predicted molar refractivity (Wildman–Crippen MR) is 217 cm³/mol. The molecule has 0 amide bonds. The van der Waals surface area contributed by atoms with E-state index in [4.69, 9.17) is 9.97 Å². The van der Waals surface area contributed by atoms with Crippen LogP contribution >= 0.6 is 0 Å². The van der Waals surface area contributed by atoms with Crippen molar-refractivity contribution in [3.63, 3.8) is 0 Å². The summed E-state index contributed by atoms with van der Waals surface area (Å²) in [5, 5.41) is 8.23. The van der Waals surface area contributed by atoms with Gasteiger partial charge < -0.3 is 9.55 Å². The Balaban J connectivity index is 1.18. The SMILES string of the molecule is c1ccc(-c2nc3c(-c4ccc(-c5ccc6ccc7cc[nH]c7c6n5)cc4)cccc3c3c2ccc2c4ccccc4n(-c4ccccc4)c23)cc1. The molecular formula is C48H30N4. The van der Waals surface area contributed by atoms with Gasteiger partial charge in [0.05, 0.1) is 39.0 Å². The molecule has 52 heavy (non-hydrogen) atoms. The number of aromatic amines is 1. The van der Waals surface area contributed by atoms with Crippen molar-refractivity contribution in [3.05, 3.63) is 176 Å². The standard InChI is InChI=1S/C48H30N4/c1-3-10-32(11-4-1)44-40-26-25-38-37-14-7-8-17-42(37)52(35-12-5-2-6-13-35)48(38)43(40)39-16-9-15-36(47(39)51-44)30-18-20-31(21-19-30)41-27-24-33-22-23-34-28-29-49-45(34)46(33)50-41/h1-29,49H. The van der Waals surface area contributed by atoms with Gasteiger partial charge in [-0.05, 0) is 35.9 Å². The lowest BCUT2D eigenvalue weighted by Crippen LogP contribution is -1.97. The second kappa shape index (κ2) is 11.2. The molecule has 0 saturated heterocycles. The predicted octanol–water partition coefficient (Wildman–Crippen LogP) is 12.5. The Kier molecular flexibility index (Phi) is 6.22. The lowest BCUT2D eigenvalue weighted by molar-refractivity contribution is 1.19. The van der Waals surface area contributed by atoms with Crippen LogP contribution in [0.1, 0.15) is 0 Å². The molecule has 7 aromatic carbocycles. The Morgan fingerprint density at radius 2 is 1.15 bits per heavy atom. The van der Waals surface area contributed by atoms with Crippen molar-refractivity contribution >= 4 is 65.3 Å². The summed E-state index contributed by atoms with van der Waals surface area (Å²) < 4.78 is 2.43. The molecule has 0 radical (unpaired) electrons. The van der Waals surface area contributed by atoms with Crippen LogP contribution in [0.3, 0.4) is 0 Å². The van der Waals surface area contributed by atoms with Gasteiger partial charge in [-0.3, -0.25) is 0 Å². The Hall–Kier alpha value is -7.04. The maximum absolute atomic E-state index is 5.53. The fraction of sp³-hybridized carbons (Fsp3) is 0. The van der Waals surface area contributed by atoms with Gasteiger partial charge in [0.2, 0.25) is 0 Å². The fourth-order valence-corrected chi connectivity index (χ4v) is 8.15. The number of H-pyrrole nitrogens is 1. The number of nitrogens with one attached hydrogen (secondary N) is 1. The minimum atomic E-state index is 0.950. The molecule has 0 aliphatic rings. The van der Waals surface area contributed by atoms with Crippen molar-refractivity contribution in [2.24, 2.45) is 0 Å². The number of rotatable bonds is 4. The van der Waals surface area contributed by atoms with E-state index in [1.54, 1.807) is 0 Å². The molecule has 4 aromatic heterocycles. The molecule has 0 atom stereocenters. The molecule has 0 aliphatic carbocycles. The summed E-state index contributed by atoms with van der Waals surface area (Å²) in [5.41, 5.74) is 12.9. The zero-order chi connectivity index (χ0) is 34.2. The highest BCUT2D eigenvalue weighted by Crippen LogP contribution is 2.43. The van der Waals surface area contributed by atoms with Gasteiger partial charge in [0.15, 0.2) is 0 Å². The van der Waals surface area contributed by atoms with Crippen molar-refractivity contribution in [3.8, 4) is 39.3 Å². The van der Waals surface area contributed by atoms with Crippen LogP contribution in [0, 0.1) is 0 Å². The zero-order valence-electron chi connectivity index (χ0n) is 28.1. The minimum absolute atomic E-state index is 0.950. The van der Waals surface area contributed by atoms with Gasteiger partial charge in [-0.1, -0.05) is 140 Å². The second-order valence-electron chi connectivity index (χ2n) is 13.5. The Bertz CT molecular complexity index is 3160. The normalized spacial score (nSPS) is 11.8. The van der Waals surface area contributed by atoms with Crippen LogP contribution in [-0.4, -0.2) is 19.5 Å². The number of nitrogens with zero attached hydrogens (tertiary/aromatic N) is 3. The molecule has 0 spiro atoms. The first kappa shape index (κ1) is 28.8. The topological polar surface area (TPSA) is 46.5 Å². The summed E-state index contributed by atoms with van der Waals surface area (Å²) in [6, 6.07) is 60.6. The van der Waals surface area contributed by atoms with E-state index >= 15 is 0 Å². The molecule has 0 bridgehead atoms. The van der Waals surface area contributed by atoms with E-state index in [1.165, 1.54) is 32.6 Å². The summed E-state index contributed by atoms with van der Waals surface area (Å²) in [6.45, 7) is 0. The molecular weight excluding hydrogens is 633 g/mol. The van der Waals surface area contributed by atoms with Crippen LogP contribution in [0.15, 0.2) is 176 Å². The van der Waals surface area contributed by atoms with Crippen LogP contribution in [0.25, 0.3) is 105 Å². The first-order valence-electron chi connectivity index (χ1n) is 17.7. The van der Waals surface area contributed by atoms with Crippen LogP contribution in [0.4, 0.5) is 0 Å². The summed E-state index contributed by atoms with van der Waals surface area (Å²) in [6.07, 6.45) is 1.98. The summed E-state index contributed by atoms with van der Waals surface area (Å²) >= 11 is 0. The van der Waals surface area contributed by atoms with E-state index in [0.29, 0.717) is 0 Å². The molecule has 11 aromatic rings. The van der Waals surface area contributed by atoms with E-state index in [9.17, 15) is 0 Å². The Labute approximate surface area is 299 Å². The van der Waals surface area contributed by atoms with Crippen molar-refractivity contribution in [2.75, 3.05) is 0 Å². The monoisotopic (exact) mass is 662 g/mol. The molecule has 0 unspecified atom stereocenters. The third-order valence-corrected chi connectivity index (χ3v) is 10.6. The zero-order valence-corrected chi connectivity index (χ0v) is 28.1. The maximum Gasteiger partial charge on any atom is 0.0950 e. The van der Waals surface area contributed by atoms with Gasteiger partial charge in [-0.25, -0.2) is 9.97 Å². The number of fused-ring (bicyclic) bond motifs is 10. The smallest absolute Gasteiger partial charge is 0.0950 e. The van der Waals surface area contributed by atoms with E-state index < -0.39 is 0 Å². The van der Waals surface area contributed by atoms with Crippen LogP contribution < -0.4 is 0 Å². The molecule has 242 valence electrons. The number of para-hydroxylation sites is 3. The molecule has 1 N–H and O–H groups in total.